The maximum Gasteiger partial charge on any atom is 0.271 e. The molecular formula is C17H14N2O2S2. The fourth-order valence-corrected chi connectivity index (χ4v) is 3.42. The Kier molecular flexibility index (Phi) is 4.73. The number of thioether (sulfide) groups is 1. The van der Waals surface area contributed by atoms with Gasteiger partial charge in [-0.1, -0.05) is 54.2 Å². The molecule has 0 saturated carbocycles. The minimum Gasteiger partial charge on any atom is -0.482 e. The second-order valence-electron chi connectivity index (χ2n) is 4.83. The highest BCUT2D eigenvalue weighted by Crippen LogP contribution is 2.34. The van der Waals surface area contributed by atoms with Crippen LogP contribution in [0, 0.1) is 0 Å². The first kappa shape index (κ1) is 15.7. The highest BCUT2D eigenvalue weighted by Gasteiger charge is 2.22. The Morgan fingerprint density at radius 3 is 2.61 bits per heavy atom. The number of para-hydroxylation sites is 2. The van der Waals surface area contributed by atoms with Gasteiger partial charge in [0.1, 0.15) is 5.69 Å². The number of methoxy groups -OCH3 is 1. The Morgan fingerprint density at radius 1 is 1.17 bits per heavy atom. The Balaban J connectivity index is 2.14. The fourth-order valence-electron chi connectivity index (χ4n) is 2.28. The van der Waals surface area contributed by atoms with E-state index in [1.807, 2.05) is 54.6 Å². The Morgan fingerprint density at radius 2 is 1.87 bits per heavy atom. The van der Waals surface area contributed by atoms with Crippen LogP contribution < -0.4 is 5.56 Å². The summed E-state index contributed by atoms with van der Waals surface area (Å²) in [7, 11) is 1.52. The van der Waals surface area contributed by atoms with Gasteiger partial charge in [0, 0.05) is 0 Å². The molecule has 4 nitrogen and oxygen atoms in total. The number of nitrogens with zero attached hydrogens (tertiary/aromatic N) is 1. The number of aromatic nitrogens is 2. The molecule has 0 aliphatic rings. The number of H-pyrrole nitrogens is 1. The lowest BCUT2D eigenvalue weighted by Gasteiger charge is -2.16. The number of aromatic amines is 1. The molecule has 0 saturated heterocycles. The van der Waals surface area contributed by atoms with Gasteiger partial charge in [0.25, 0.3) is 5.56 Å². The van der Waals surface area contributed by atoms with Crippen LogP contribution >= 0.6 is 24.0 Å². The maximum atomic E-state index is 12.5. The molecule has 3 rings (SSSR count). The lowest BCUT2D eigenvalue weighted by molar-refractivity contribution is 0.426. The summed E-state index contributed by atoms with van der Waals surface area (Å²) in [6.07, 6.45) is 0. The van der Waals surface area contributed by atoms with Gasteiger partial charge in [0.05, 0.1) is 23.4 Å². The lowest BCUT2D eigenvalue weighted by Crippen LogP contribution is -2.19. The van der Waals surface area contributed by atoms with E-state index in [1.54, 1.807) is 0 Å². The molecule has 1 unspecified atom stereocenters. The molecular weight excluding hydrogens is 328 g/mol. The summed E-state index contributed by atoms with van der Waals surface area (Å²) in [6, 6.07) is 17.1. The minimum atomic E-state index is -0.322. The number of ether oxygens (including phenoxy) is 1. The van der Waals surface area contributed by atoms with E-state index >= 15 is 0 Å². The van der Waals surface area contributed by atoms with Gasteiger partial charge in [-0.15, -0.1) is 0 Å². The predicted octanol–water partition coefficient (Wildman–Crippen LogP) is 3.68. The zero-order valence-electron chi connectivity index (χ0n) is 12.4. The molecule has 116 valence electrons. The number of rotatable bonds is 3. The second-order valence-corrected chi connectivity index (χ2v) is 6.54. The van der Waals surface area contributed by atoms with E-state index in [-0.39, 0.29) is 10.8 Å². The molecule has 1 aromatic heterocycles. The molecule has 1 atom stereocenters. The van der Waals surface area contributed by atoms with Gasteiger partial charge in [0.2, 0.25) is 4.38 Å². The van der Waals surface area contributed by atoms with Crippen molar-refractivity contribution in [2.24, 2.45) is 0 Å². The van der Waals surface area contributed by atoms with Crippen LogP contribution in [-0.2, 0) is 4.74 Å². The first-order valence-electron chi connectivity index (χ1n) is 6.97. The largest absolute Gasteiger partial charge is 0.482 e. The summed E-state index contributed by atoms with van der Waals surface area (Å²) >= 11 is 6.47. The van der Waals surface area contributed by atoms with Crippen molar-refractivity contribution in [2.75, 3.05) is 7.11 Å². The standard InChI is InChI=1S/C17H14N2O2S2/c1-21-17(22)23-15(11-7-3-2-4-8-11)14-16(20)19-13-10-6-5-9-12(13)18-14/h2-10,15H,1H3,(H,19,20). The molecule has 23 heavy (non-hydrogen) atoms. The van der Waals surface area contributed by atoms with Crippen molar-refractivity contribution < 1.29 is 4.74 Å². The molecule has 0 amide bonds. The summed E-state index contributed by atoms with van der Waals surface area (Å²) in [5.74, 6) is 0. The summed E-state index contributed by atoms with van der Waals surface area (Å²) in [5.41, 5.74) is 2.60. The van der Waals surface area contributed by atoms with Crippen LogP contribution in [-0.4, -0.2) is 21.5 Å². The summed E-state index contributed by atoms with van der Waals surface area (Å²) in [4.78, 5) is 19.9. The lowest BCUT2D eigenvalue weighted by atomic mass is 10.1. The predicted molar refractivity (Wildman–Crippen MR) is 97.8 cm³/mol. The number of thiocarbonyl (C=S) groups is 1. The summed E-state index contributed by atoms with van der Waals surface area (Å²) in [6.45, 7) is 0. The van der Waals surface area contributed by atoms with Crippen molar-refractivity contribution in [3.63, 3.8) is 0 Å². The van der Waals surface area contributed by atoms with Crippen LogP contribution in [0.1, 0.15) is 16.5 Å². The van der Waals surface area contributed by atoms with Gasteiger partial charge in [-0.05, 0) is 29.9 Å². The Labute approximate surface area is 142 Å². The number of hydrogen-bond acceptors (Lipinski definition) is 5. The molecule has 6 heteroatoms. The molecule has 1 heterocycles. The zero-order valence-corrected chi connectivity index (χ0v) is 14.0. The monoisotopic (exact) mass is 342 g/mol. The topological polar surface area (TPSA) is 55.0 Å². The molecule has 0 aliphatic heterocycles. The van der Waals surface area contributed by atoms with Crippen molar-refractivity contribution in [1.82, 2.24) is 9.97 Å². The quantitative estimate of drug-likeness (QED) is 0.736. The Hall–Kier alpha value is -2.18. The molecule has 3 aromatic rings. The van der Waals surface area contributed by atoms with Crippen LogP contribution in [0.4, 0.5) is 0 Å². The van der Waals surface area contributed by atoms with Crippen molar-refractivity contribution >= 4 is 39.4 Å². The third kappa shape index (κ3) is 3.43. The molecule has 0 aliphatic carbocycles. The van der Waals surface area contributed by atoms with E-state index in [4.69, 9.17) is 17.0 Å². The molecule has 0 radical (unpaired) electrons. The highest BCUT2D eigenvalue weighted by molar-refractivity contribution is 8.22. The Bertz CT molecular complexity index is 894. The van der Waals surface area contributed by atoms with Gasteiger partial charge in [0.15, 0.2) is 0 Å². The second kappa shape index (κ2) is 6.93. The van der Waals surface area contributed by atoms with E-state index in [9.17, 15) is 4.79 Å². The third-order valence-electron chi connectivity index (χ3n) is 3.36. The van der Waals surface area contributed by atoms with Gasteiger partial charge < -0.3 is 9.72 Å². The zero-order chi connectivity index (χ0) is 16.2. The molecule has 0 fully saturated rings. The number of nitrogens with one attached hydrogen (secondary N) is 1. The minimum absolute atomic E-state index is 0.219. The van der Waals surface area contributed by atoms with Crippen LogP contribution in [0.5, 0.6) is 0 Å². The smallest absolute Gasteiger partial charge is 0.271 e. The molecule has 2 aromatic carbocycles. The van der Waals surface area contributed by atoms with Crippen molar-refractivity contribution in [2.45, 2.75) is 5.25 Å². The van der Waals surface area contributed by atoms with E-state index in [1.165, 1.54) is 18.9 Å². The van der Waals surface area contributed by atoms with E-state index in [0.29, 0.717) is 15.6 Å². The first-order chi connectivity index (χ1) is 11.2. The van der Waals surface area contributed by atoms with Gasteiger partial charge in [-0.3, -0.25) is 4.79 Å². The summed E-state index contributed by atoms with van der Waals surface area (Å²) < 4.78 is 5.47. The first-order valence-corrected chi connectivity index (χ1v) is 8.26. The van der Waals surface area contributed by atoms with Crippen molar-refractivity contribution in [3.05, 3.63) is 76.2 Å². The van der Waals surface area contributed by atoms with E-state index in [2.05, 4.69) is 9.97 Å². The summed E-state index contributed by atoms with van der Waals surface area (Å²) in [5, 5.41) is -0.322. The number of fused-ring (bicyclic) bond motifs is 1. The fraction of sp³-hybridized carbons (Fsp3) is 0.118. The van der Waals surface area contributed by atoms with Gasteiger partial charge in [-0.2, -0.15) is 0 Å². The highest BCUT2D eigenvalue weighted by atomic mass is 32.2. The molecule has 1 N–H and O–H groups in total. The average molecular weight is 342 g/mol. The van der Waals surface area contributed by atoms with E-state index < -0.39 is 0 Å². The van der Waals surface area contributed by atoms with Gasteiger partial charge >= 0.3 is 0 Å². The SMILES string of the molecule is COC(=S)SC(c1ccccc1)c1nc2ccccc2[nH]c1=O. The average Bonchev–Trinajstić information content (AvgIpc) is 2.60. The normalized spacial score (nSPS) is 12.0. The third-order valence-corrected chi connectivity index (χ3v) is 4.90. The van der Waals surface area contributed by atoms with Crippen molar-refractivity contribution in [1.29, 1.82) is 0 Å². The maximum absolute atomic E-state index is 12.5. The van der Waals surface area contributed by atoms with Crippen LogP contribution in [0.25, 0.3) is 11.0 Å². The van der Waals surface area contributed by atoms with Crippen molar-refractivity contribution in [3.8, 4) is 0 Å². The van der Waals surface area contributed by atoms with Gasteiger partial charge in [-0.25, -0.2) is 4.98 Å². The number of benzene rings is 2. The van der Waals surface area contributed by atoms with Crippen LogP contribution in [0.3, 0.4) is 0 Å². The van der Waals surface area contributed by atoms with E-state index in [0.717, 1.165) is 11.1 Å². The number of hydrogen-bond donors (Lipinski definition) is 1. The molecule has 0 spiro atoms. The molecule has 0 bridgehead atoms. The van der Waals surface area contributed by atoms with Crippen LogP contribution in [0.15, 0.2) is 59.4 Å². The van der Waals surface area contributed by atoms with Crippen LogP contribution in [0.2, 0.25) is 0 Å².